The normalized spacial score (nSPS) is 11.0. The Labute approximate surface area is 146 Å². The van der Waals surface area contributed by atoms with Crippen LogP contribution in [-0.4, -0.2) is 22.6 Å². The molecule has 0 unspecified atom stereocenters. The molecule has 0 aromatic heterocycles. The van der Waals surface area contributed by atoms with Crippen molar-refractivity contribution in [3.8, 4) is 5.75 Å². The average Bonchev–Trinajstić information content (AvgIpc) is 2.62. The van der Waals surface area contributed by atoms with Crippen LogP contribution >= 0.6 is 0 Å². The number of amides is 2. The number of hydrogen-bond donors (Lipinski definition) is 3. The number of phenolic OH excluding ortho intramolecular Hbond substituents is 1. The van der Waals surface area contributed by atoms with Gasteiger partial charge in [0, 0.05) is 23.2 Å². The van der Waals surface area contributed by atoms with Crippen molar-refractivity contribution < 1.29 is 14.7 Å². The van der Waals surface area contributed by atoms with Gasteiger partial charge in [-0.3, -0.25) is 9.59 Å². The van der Waals surface area contributed by atoms with Gasteiger partial charge in [0.1, 0.15) is 5.75 Å². The molecule has 130 valence electrons. The molecule has 2 aromatic carbocycles. The first-order chi connectivity index (χ1) is 12.0. The van der Waals surface area contributed by atoms with E-state index in [1.165, 1.54) is 6.07 Å². The molecule has 0 saturated carbocycles. The maximum atomic E-state index is 12.0. The lowest BCUT2D eigenvalue weighted by Crippen LogP contribution is -2.19. The molecule has 0 fully saturated rings. The highest BCUT2D eigenvalue weighted by atomic mass is 16.3. The molecule has 0 bridgehead atoms. The Bertz CT molecular complexity index is 786. The Balaban J connectivity index is 2.13. The Morgan fingerprint density at radius 2 is 1.84 bits per heavy atom. The molecule has 2 aromatic rings. The van der Waals surface area contributed by atoms with E-state index in [0.29, 0.717) is 28.9 Å². The van der Waals surface area contributed by atoms with Gasteiger partial charge >= 0.3 is 0 Å². The molecular formula is C19H21N3O3. The third-order valence-electron chi connectivity index (χ3n) is 3.51. The predicted octanol–water partition coefficient (Wildman–Crippen LogP) is 3.28. The van der Waals surface area contributed by atoms with E-state index >= 15 is 0 Å². The zero-order valence-corrected chi connectivity index (χ0v) is 14.2. The number of carbonyl (C=O) groups is 2. The Morgan fingerprint density at radius 3 is 2.52 bits per heavy atom. The lowest BCUT2D eigenvalue weighted by atomic mass is 10.1. The maximum Gasteiger partial charge on any atom is 0.271 e. The van der Waals surface area contributed by atoms with E-state index in [-0.39, 0.29) is 17.6 Å². The molecule has 0 atom stereocenters. The van der Waals surface area contributed by atoms with Crippen LogP contribution < -0.4 is 10.7 Å². The van der Waals surface area contributed by atoms with E-state index in [4.69, 9.17) is 0 Å². The van der Waals surface area contributed by atoms with Crippen LogP contribution in [0.5, 0.6) is 5.75 Å². The van der Waals surface area contributed by atoms with Gasteiger partial charge < -0.3 is 10.4 Å². The molecule has 6 nitrogen and oxygen atoms in total. The van der Waals surface area contributed by atoms with Gasteiger partial charge in [-0.25, -0.2) is 5.43 Å². The second-order valence-corrected chi connectivity index (χ2v) is 5.53. The lowest BCUT2D eigenvalue weighted by molar-refractivity contribution is -0.116. The number of nitrogens with zero attached hydrogens (tertiary/aromatic N) is 1. The SMILES string of the molecule is CCCC(=O)Nc1ccc(O)c(/C(C)=N/NC(=O)c2ccccc2)c1. The smallest absolute Gasteiger partial charge is 0.271 e. The quantitative estimate of drug-likeness (QED) is 0.428. The lowest BCUT2D eigenvalue weighted by Gasteiger charge is -2.09. The number of benzene rings is 2. The highest BCUT2D eigenvalue weighted by molar-refractivity contribution is 6.04. The van der Waals surface area contributed by atoms with Crippen molar-refractivity contribution in [3.05, 3.63) is 59.7 Å². The monoisotopic (exact) mass is 339 g/mol. The summed E-state index contributed by atoms with van der Waals surface area (Å²) in [5.41, 5.74) is 4.37. The molecule has 0 saturated heterocycles. The minimum atomic E-state index is -0.341. The standard InChI is InChI=1S/C19H21N3O3/c1-3-7-18(24)20-15-10-11-17(23)16(12-15)13(2)21-22-19(25)14-8-5-4-6-9-14/h4-6,8-12,23H,3,7H2,1-2H3,(H,20,24)(H,22,25)/b21-13+. The van der Waals surface area contributed by atoms with Gasteiger partial charge in [-0.1, -0.05) is 25.1 Å². The molecule has 0 radical (unpaired) electrons. The van der Waals surface area contributed by atoms with Crippen molar-refractivity contribution in [1.82, 2.24) is 5.43 Å². The van der Waals surface area contributed by atoms with E-state index in [1.54, 1.807) is 43.3 Å². The first kappa shape index (κ1) is 18.2. The van der Waals surface area contributed by atoms with Crippen LogP contribution in [-0.2, 0) is 4.79 Å². The fraction of sp³-hybridized carbons (Fsp3) is 0.211. The van der Waals surface area contributed by atoms with Crippen LogP contribution in [0.25, 0.3) is 0 Å². The number of nitrogens with one attached hydrogen (secondary N) is 2. The summed E-state index contributed by atoms with van der Waals surface area (Å²) in [5, 5.41) is 16.8. The molecular weight excluding hydrogens is 318 g/mol. The highest BCUT2D eigenvalue weighted by Crippen LogP contribution is 2.22. The Hall–Kier alpha value is -3.15. The van der Waals surface area contributed by atoms with Gasteiger partial charge in [-0.2, -0.15) is 5.10 Å². The number of hydrazone groups is 1. The van der Waals surface area contributed by atoms with Gasteiger partial charge in [-0.15, -0.1) is 0 Å². The van der Waals surface area contributed by atoms with E-state index in [9.17, 15) is 14.7 Å². The van der Waals surface area contributed by atoms with Crippen molar-refractivity contribution in [2.45, 2.75) is 26.7 Å². The summed E-state index contributed by atoms with van der Waals surface area (Å²) in [6.07, 6.45) is 1.18. The summed E-state index contributed by atoms with van der Waals surface area (Å²) in [6, 6.07) is 13.4. The van der Waals surface area contributed by atoms with E-state index in [2.05, 4.69) is 15.8 Å². The van der Waals surface area contributed by atoms with Crippen LogP contribution in [0.4, 0.5) is 5.69 Å². The minimum absolute atomic E-state index is 0.0173. The van der Waals surface area contributed by atoms with Crippen molar-refractivity contribution in [2.24, 2.45) is 5.10 Å². The second kappa shape index (κ2) is 8.63. The number of phenols is 1. The minimum Gasteiger partial charge on any atom is -0.507 e. The molecule has 2 rings (SSSR count). The van der Waals surface area contributed by atoms with Crippen LogP contribution in [0.3, 0.4) is 0 Å². The van der Waals surface area contributed by atoms with E-state index < -0.39 is 0 Å². The number of anilines is 1. The number of carbonyl (C=O) groups excluding carboxylic acids is 2. The van der Waals surface area contributed by atoms with Gasteiger partial charge in [0.15, 0.2) is 0 Å². The first-order valence-electron chi connectivity index (χ1n) is 8.04. The maximum absolute atomic E-state index is 12.0. The molecule has 2 amide bonds. The average molecular weight is 339 g/mol. The van der Waals surface area contributed by atoms with Crippen LogP contribution in [0.2, 0.25) is 0 Å². The molecule has 0 aliphatic carbocycles. The fourth-order valence-corrected chi connectivity index (χ4v) is 2.20. The number of rotatable bonds is 6. The van der Waals surface area contributed by atoms with Gasteiger partial charge in [-0.05, 0) is 43.7 Å². The highest BCUT2D eigenvalue weighted by Gasteiger charge is 2.09. The molecule has 3 N–H and O–H groups in total. The summed E-state index contributed by atoms with van der Waals surface area (Å²) >= 11 is 0. The largest absolute Gasteiger partial charge is 0.507 e. The number of aromatic hydroxyl groups is 1. The zero-order valence-electron chi connectivity index (χ0n) is 14.2. The van der Waals surface area contributed by atoms with E-state index in [1.807, 2.05) is 13.0 Å². The van der Waals surface area contributed by atoms with Crippen LogP contribution in [0, 0.1) is 0 Å². The summed E-state index contributed by atoms with van der Waals surface area (Å²) < 4.78 is 0. The third-order valence-corrected chi connectivity index (χ3v) is 3.51. The summed E-state index contributed by atoms with van der Waals surface area (Å²) in [5.74, 6) is -0.415. The molecule has 0 spiro atoms. The van der Waals surface area contributed by atoms with E-state index in [0.717, 1.165) is 6.42 Å². The summed E-state index contributed by atoms with van der Waals surface area (Å²) in [6.45, 7) is 3.59. The van der Waals surface area contributed by atoms with Crippen molar-refractivity contribution in [2.75, 3.05) is 5.32 Å². The zero-order chi connectivity index (χ0) is 18.2. The summed E-state index contributed by atoms with van der Waals surface area (Å²) in [7, 11) is 0. The van der Waals surface area contributed by atoms with Crippen LogP contribution in [0.15, 0.2) is 53.6 Å². The van der Waals surface area contributed by atoms with Gasteiger partial charge in [0.25, 0.3) is 5.91 Å². The first-order valence-corrected chi connectivity index (χ1v) is 8.04. The van der Waals surface area contributed by atoms with Gasteiger partial charge in [0.2, 0.25) is 5.91 Å². The Morgan fingerprint density at radius 1 is 1.12 bits per heavy atom. The third kappa shape index (κ3) is 5.17. The predicted molar refractivity (Wildman–Crippen MR) is 97.8 cm³/mol. The number of hydrogen-bond acceptors (Lipinski definition) is 4. The molecule has 0 heterocycles. The topological polar surface area (TPSA) is 90.8 Å². The van der Waals surface area contributed by atoms with Crippen molar-refractivity contribution >= 4 is 23.2 Å². The second-order valence-electron chi connectivity index (χ2n) is 5.53. The molecule has 0 aliphatic heterocycles. The molecule has 6 heteroatoms. The molecule has 25 heavy (non-hydrogen) atoms. The Kier molecular flexibility index (Phi) is 6.28. The van der Waals surface area contributed by atoms with Crippen molar-refractivity contribution in [3.63, 3.8) is 0 Å². The molecule has 0 aliphatic rings. The summed E-state index contributed by atoms with van der Waals surface area (Å²) in [4.78, 5) is 23.7. The van der Waals surface area contributed by atoms with Crippen molar-refractivity contribution in [1.29, 1.82) is 0 Å². The fourth-order valence-electron chi connectivity index (χ4n) is 2.20. The van der Waals surface area contributed by atoms with Gasteiger partial charge in [0.05, 0.1) is 5.71 Å². The van der Waals surface area contributed by atoms with Crippen LogP contribution in [0.1, 0.15) is 42.6 Å².